The van der Waals surface area contributed by atoms with E-state index in [9.17, 15) is 9.59 Å². The van der Waals surface area contributed by atoms with E-state index >= 15 is 0 Å². The largest absolute Gasteiger partial charge is 0.368 e. The Morgan fingerprint density at radius 3 is 2.53 bits per heavy atom. The van der Waals surface area contributed by atoms with Gasteiger partial charge in [0, 0.05) is 6.54 Å². The standard InChI is InChI=1S/C12H21N3O2/c13-11(16)10-6-2-4-8-15(10)12(17)9-5-1-3-7-14-9/h9-10,14H,1-8H2,(H2,13,16). The average Bonchev–Trinajstić information content (AvgIpc) is 2.39. The topological polar surface area (TPSA) is 75.4 Å². The monoisotopic (exact) mass is 239 g/mol. The third kappa shape index (κ3) is 2.77. The highest BCUT2D eigenvalue weighted by Crippen LogP contribution is 2.19. The van der Waals surface area contributed by atoms with Gasteiger partial charge < -0.3 is 16.0 Å². The second-order valence-corrected chi connectivity index (χ2v) is 4.95. The molecule has 2 fully saturated rings. The summed E-state index contributed by atoms with van der Waals surface area (Å²) in [6.45, 7) is 1.57. The normalized spacial score (nSPS) is 30.0. The van der Waals surface area contributed by atoms with Crippen LogP contribution < -0.4 is 11.1 Å². The molecule has 0 spiro atoms. The zero-order valence-corrected chi connectivity index (χ0v) is 10.2. The minimum Gasteiger partial charge on any atom is -0.368 e. The molecule has 2 aliphatic rings. The fourth-order valence-electron chi connectivity index (χ4n) is 2.75. The lowest BCUT2D eigenvalue weighted by Gasteiger charge is -2.37. The summed E-state index contributed by atoms with van der Waals surface area (Å²) < 4.78 is 0. The Labute approximate surface area is 102 Å². The summed E-state index contributed by atoms with van der Waals surface area (Å²) in [6.07, 6.45) is 5.76. The summed E-state index contributed by atoms with van der Waals surface area (Å²) in [5, 5.41) is 3.23. The van der Waals surface area contributed by atoms with Gasteiger partial charge in [-0.3, -0.25) is 9.59 Å². The minimum atomic E-state index is -0.389. The zero-order valence-electron chi connectivity index (χ0n) is 10.2. The molecule has 17 heavy (non-hydrogen) atoms. The molecule has 2 amide bonds. The van der Waals surface area contributed by atoms with Crippen LogP contribution in [0.1, 0.15) is 38.5 Å². The van der Waals surface area contributed by atoms with E-state index in [1.54, 1.807) is 4.90 Å². The molecule has 0 aromatic heterocycles. The summed E-state index contributed by atoms with van der Waals surface area (Å²) >= 11 is 0. The summed E-state index contributed by atoms with van der Waals surface area (Å²) in [4.78, 5) is 25.4. The van der Waals surface area contributed by atoms with Gasteiger partial charge in [-0.2, -0.15) is 0 Å². The molecule has 5 nitrogen and oxygen atoms in total. The van der Waals surface area contributed by atoms with Crippen molar-refractivity contribution in [3.8, 4) is 0 Å². The molecule has 3 N–H and O–H groups in total. The van der Waals surface area contributed by atoms with Crippen molar-refractivity contribution < 1.29 is 9.59 Å². The Bertz CT molecular complexity index is 300. The molecule has 2 unspecified atom stereocenters. The van der Waals surface area contributed by atoms with Gasteiger partial charge in [0.2, 0.25) is 11.8 Å². The van der Waals surface area contributed by atoms with Crippen LogP contribution in [0, 0.1) is 0 Å². The van der Waals surface area contributed by atoms with Crippen LogP contribution in [0.25, 0.3) is 0 Å². The van der Waals surface area contributed by atoms with E-state index in [4.69, 9.17) is 5.73 Å². The first kappa shape index (κ1) is 12.4. The lowest BCUT2D eigenvalue weighted by atomic mass is 9.98. The Hall–Kier alpha value is -1.10. The van der Waals surface area contributed by atoms with E-state index in [-0.39, 0.29) is 23.9 Å². The van der Waals surface area contributed by atoms with Crippen molar-refractivity contribution in [3.63, 3.8) is 0 Å². The smallest absolute Gasteiger partial charge is 0.240 e. The van der Waals surface area contributed by atoms with E-state index in [0.717, 1.165) is 38.6 Å². The molecule has 2 heterocycles. The third-order valence-corrected chi connectivity index (χ3v) is 3.72. The fraction of sp³-hybridized carbons (Fsp3) is 0.833. The molecule has 0 bridgehead atoms. The summed E-state index contributed by atoms with van der Waals surface area (Å²) in [7, 11) is 0. The predicted molar refractivity (Wildman–Crippen MR) is 64.2 cm³/mol. The number of carbonyl (C=O) groups is 2. The van der Waals surface area contributed by atoms with Crippen molar-refractivity contribution in [2.75, 3.05) is 13.1 Å². The number of rotatable bonds is 2. The van der Waals surface area contributed by atoms with Gasteiger partial charge in [-0.25, -0.2) is 0 Å². The van der Waals surface area contributed by atoms with Gasteiger partial charge in [0.05, 0.1) is 6.04 Å². The molecule has 0 aromatic rings. The Morgan fingerprint density at radius 2 is 1.88 bits per heavy atom. The lowest BCUT2D eigenvalue weighted by molar-refractivity contribution is -0.143. The molecule has 0 aliphatic carbocycles. The quantitative estimate of drug-likeness (QED) is 0.712. The van der Waals surface area contributed by atoms with Crippen LogP contribution in [0.15, 0.2) is 0 Å². The maximum absolute atomic E-state index is 12.3. The number of hydrogen-bond donors (Lipinski definition) is 2. The van der Waals surface area contributed by atoms with Gasteiger partial charge >= 0.3 is 0 Å². The van der Waals surface area contributed by atoms with Crippen LogP contribution in [0.2, 0.25) is 0 Å². The molecule has 96 valence electrons. The first-order valence-electron chi connectivity index (χ1n) is 6.53. The number of nitrogens with two attached hydrogens (primary N) is 1. The van der Waals surface area contributed by atoms with Crippen molar-refractivity contribution in [2.24, 2.45) is 5.73 Å². The zero-order chi connectivity index (χ0) is 12.3. The lowest BCUT2D eigenvalue weighted by Crippen LogP contribution is -2.56. The Morgan fingerprint density at radius 1 is 1.12 bits per heavy atom. The van der Waals surface area contributed by atoms with Crippen molar-refractivity contribution in [1.29, 1.82) is 0 Å². The van der Waals surface area contributed by atoms with Gasteiger partial charge in [-0.1, -0.05) is 6.42 Å². The van der Waals surface area contributed by atoms with Crippen molar-refractivity contribution in [3.05, 3.63) is 0 Å². The molecule has 5 heteroatoms. The van der Waals surface area contributed by atoms with Crippen LogP contribution in [0.5, 0.6) is 0 Å². The Balaban J connectivity index is 2.02. The number of primary amides is 1. The summed E-state index contributed by atoms with van der Waals surface area (Å²) in [6, 6.07) is -0.497. The van der Waals surface area contributed by atoms with E-state index in [1.807, 2.05) is 0 Å². The van der Waals surface area contributed by atoms with Crippen LogP contribution in [0.3, 0.4) is 0 Å². The van der Waals surface area contributed by atoms with E-state index in [2.05, 4.69) is 5.32 Å². The molecule has 0 saturated carbocycles. The maximum atomic E-state index is 12.3. The highest BCUT2D eigenvalue weighted by Gasteiger charge is 2.34. The minimum absolute atomic E-state index is 0.0631. The van der Waals surface area contributed by atoms with Crippen molar-refractivity contribution in [2.45, 2.75) is 50.6 Å². The van der Waals surface area contributed by atoms with Gasteiger partial charge in [0.25, 0.3) is 0 Å². The molecule has 2 aliphatic heterocycles. The molecular weight excluding hydrogens is 218 g/mol. The molecule has 0 radical (unpaired) electrons. The molecule has 2 rings (SSSR count). The van der Waals surface area contributed by atoms with Gasteiger partial charge in [0.15, 0.2) is 0 Å². The number of hydrogen-bond acceptors (Lipinski definition) is 3. The number of amides is 2. The first-order valence-corrected chi connectivity index (χ1v) is 6.53. The second kappa shape index (κ2) is 5.49. The summed E-state index contributed by atoms with van der Waals surface area (Å²) in [5.41, 5.74) is 5.37. The average molecular weight is 239 g/mol. The molecule has 2 atom stereocenters. The predicted octanol–water partition coefficient (Wildman–Crippen LogP) is -0.00510. The number of likely N-dealkylation sites (tertiary alicyclic amines) is 1. The second-order valence-electron chi connectivity index (χ2n) is 4.95. The van der Waals surface area contributed by atoms with Crippen molar-refractivity contribution in [1.82, 2.24) is 10.2 Å². The molecule has 0 aromatic carbocycles. The van der Waals surface area contributed by atoms with E-state index < -0.39 is 0 Å². The maximum Gasteiger partial charge on any atom is 0.240 e. The molecule has 2 saturated heterocycles. The van der Waals surface area contributed by atoms with E-state index in [0.29, 0.717) is 13.0 Å². The number of nitrogens with zero attached hydrogens (tertiary/aromatic N) is 1. The van der Waals surface area contributed by atoms with Gasteiger partial charge in [0.1, 0.15) is 6.04 Å². The molecular formula is C12H21N3O2. The van der Waals surface area contributed by atoms with Crippen LogP contribution >= 0.6 is 0 Å². The van der Waals surface area contributed by atoms with Gasteiger partial charge in [-0.15, -0.1) is 0 Å². The SMILES string of the molecule is NC(=O)C1CCCCN1C(=O)C1CCCCN1. The van der Waals surface area contributed by atoms with Gasteiger partial charge in [-0.05, 0) is 38.6 Å². The van der Waals surface area contributed by atoms with E-state index in [1.165, 1.54) is 0 Å². The number of carbonyl (C=O) groups excluding carboxylic acids is 2. The highest BCUT2D eigenvalue weighted by molar-refractivity contribution is 5.89. The van der Waals surface area contributed by atoms with Crippen LogP contribution in [-0.2, 0) is 9.59 Å². The fourth-order valence-corrected chi connectivity index (χ4v) is 2.75. The van der Waals surface area contributed by atoms with Crippen LogP contribution in [-0.4, -0.2) is 41.9 Å². The van der Waals surface area contributed by atoms with Crippen LogP contribution in [0.4, 0.5) is 0 Å². The summed E-state index contributed by atoms with van der Waals surface area (Å²) in [5.74, 6) is -0.304. The third-order valence-electron chi connectivity index (χ3n) is 3.72. The number of nitrogens with one attached hydrogen (secondary N) is 1. The number of piperidine rings is 2. The Kier molecular flexibility index (Phi) is 3.99. The highest BCUT2D eigenvalue weighted by atomic mass is 16.2. The van der Waals surface area contributed by atoms with Crippen molar-refractivity contribution >= 4 is 11.8 Å². The first-order chi connectivity index (χ1) is 8.20.